The molecule has 1 heterocycles. The summed E-state index contributed by atoms with van der Waals surface area (Å²) in [6.07, 6.45) is 1.61. The average Bonchev–Trinajstić information content (AvgIpc) is 2.72. The van der Waals surface area contributed by atoms with Gasteiger partial charge in [-0.05, 0) is 11.6 Å². The van der Waals surface area contributed by atoms with Gasteiger partial charge in [0.05, 0.1) is 6.61 Å². The molecule has 0 unspecified atom stereocenters. The molecule has 2 rings (SSSR count). The van der Waals surface area contributed by atoms with Gasteiger partial charge in [-0.2, -0.15) is 0 Å². The van der Waals surface area contributed by atoms with Gasteiger partial charge in [0, 0.05) is 0 Å². The fourth-order valence-corrected chi connectivity index (χ4v) is 1.68. The number of benzene rings is 1. The molecule has 0 radical (unpaired) electrons. The lowest BCUT2D eigenvalue weighted by Gasteiger charge is -1.99. The molecule has 1 aliphatic rings. The van der Waals surface area contributed by atoms with Crippen LogP contribution < -0.4 is 0 Å². The summed E-state index contributed by atoms with van der Waals surface area (Å²) in [6, 6.07) is 9.10. The molecule has 1 aromatic rings. The third kappa shape index (κ3) is 2.71. The van der Waals surface area contributed by atoms with Crippen LogP contribution in [-0.2, 0) is 14.3 Å². The quantitative estimate of drug-likeness (QED) is 0.366. The minimum absolute atomic E-state index is 0.425. The number of ketones is 1. The summed E-state index contributed by atoms with van der Waals surface area (Å²) < 4.78 is 4.62. The number of hydrogen-bond acceptors (Lipinski definition) is 5. The van der Waals surface area contributed by atoms with Gasteiger partial charge in [-0.3, -0.25) is 4.79 Å². The highest BCUT2D eigenvalue weighted by Gasteiger charge is 2.40. The molecule has 1 atom stereocenters. The van der Waals surface area contributed by atoms with E-state index in [1.165, 1.54) is 6.08 Å². The van der Waals surface area contributed by atoms with Gasteiger partial charge in [-0.25, -0.2) is 4.79 Å². The van der Waals surface area contributed by atoms with Gasteiger partial charge in [0.1, 0.15) is 11.3 Å². The third-order valence-corrected chi connectivity index (χ3v) is 2.65. The van der Waals surface area contributed by atoms with E-state index < -0.39 is 35.8 Å². The predicted molar refractivity (Wildman–Crippen MR) is 67.1 cm³/mol. The van der Waals surface area contributed by atoms with Crippen molar-refractivity contribution in [3.05, 3.63) is 53.3 Å². The molecule has 98 valence electrons. The number of rotatable bonds is 3. The molecule has 2 N–H and O–H groups in total. The molecule has 1 saturated heterocycles. The first kappa shape index (κ1) is 13.0. The number of aliphatic hydroxyl groups excluding tert-OH is 2. The molecular weight excluding hydrogens is 248 g/mol. The van der Waals surface area contributed by atoms with E-state index >= 15 is 0 Å². The van der Waals surface area contributed by atoms with Gasteiger partial charge in [0.25, 0.3) is 0 Å². The first-order valence-corrected chi connectivity index (χ1v) is 5.66. The van der Waals surface area contributed by atoms with Crippen LogP contribution in [0.5, 0.6) is 0 Å². The van der Waals surface area contributed by atoms with E-state index in [-0.39, 0.29) is 0 Å². The molecule has 5 nitrogen and oxygen atoms in total. The van der Waals surface area contributed by atoms with E-state index in [1.807, 2.05) is 18.2 Å². The van der Waals surface area contributed by atoms with Crippen LogP contribution in [0.2, 0.25) is 0 Å². The van der Waals surface area contributed by atoms with Gasteiger partial charge in [-0.15, -0.1) is 0 Å². The van der Waals surface area contributed by atoms with Crippen molar-refractivity contribution in [2.24, 2.45) is 0 Å². The highest BCUT2D eigenvalue weighted by Crippen LogP contribution is 2.20. The van der Waals surface area contributed by atoms with E-state index in [0.29, 0.717) is 0 Å². The summed E-state index contributed by atoms with van der Waals surface area (Å²) in [5, 5.41) is 18.6. The van der Waals surface area contributed by atoms with Crippen molar-refractivity contribution in [1.82, 2.24) is 0 Å². The van der Waals surface area contributed by atoms with Crippen molar-refractivity contribution in [2.45, 2.75) is 6.10 Å². The molecule has 5 heteroatoms. The standard InChI is InChI=1S/C14H12O5/c15-8-11-13(17)12(14(18)19-11)10(16)7-6-9-4-2-1-3-5-9/h1-7,11,15-16H,8H2/b7-6+,12-10-/t11-/m1/s1. The van der Waals surface area contributed by atoms with Crippen molar-refractivity contribution in [3.63, 3.8) is 0 Å². The topological polar surface area (TPSA) is 83.8 Å². The van der Waals surface area contributed by atoms with Gasteiger partial charge in [0.2, 0.25) is 5.78 Å². The zero-order valence-corrected chi connectivity index (χ0v) is 9.95. The lowest BCUT2D eigenvalue weighted by Crippen LogP contribution is -2.20. The number of hydrogen-bond donors (Lipinski definition) is 2. The molecular formula is C14H12O5. The Labute approximate surface area is 109 Å². The van der Waals surface area contributed by atoms with E-state index in [4.69, 9.17) is 5.11 Å². The Morgan fingerprint density at radius 2 is 1.95 bits per heavy atom. The van der Waals surface area contributed by atoms with E-state index in [9.17, 15) is 14.7 Å². The Bertz CT molecular complexity index is 556. The summed E-state index contributed by atoms with van der Waals surface area (Å²) in [7, 11) is 0. The van der Waals surface area contributed by atoms with Gasteiger partial charge < -0.3 is 14.9 Å². The molecule has 0 bridgehead atoms. The number of allylic oxidation sites excluding steroid dienone is 1. The summed E-state index contributed by atoms with van der Waals surface area (Å²) >= 11 is 0. The van der Waals surface area contributed by atoms with Crippen molar-refractivity contribution in [3.8, 4) is 0 Å². The lowest BCUT2D eigenvalue weighted by molar-refractivity contribution is -0.142. The Balaban J connectivity index is 2.25. The molecule has 1 fully saturated rings. The maximum absolute atomic E-state index is 11.6. The lowest BCUT2D eigenvalue weighted by atomic mass is 10.1. The first-order valence-electron chi connectivity index (χ1n) is 5.66. The number of esters is 1. The fourth-order valence-electron chi connectivity index (χ4n) is 1.68. The second-order valence-electron chi connectivity index (χ2n) is 3.95. The van der Waals surface area contributed by atoms with Crippen LogP contribution in [0.15, 0.2) is 47.7 Å². The number of Topliss-reactive ketones (excluding diaryl/α,β-unsaturated/α-hetero) is 1. The number of carbonyl (C=O) groups is 2. The monoisotopic (exact) mass is 260 g/mol. The summed E-state index contributed by atoms with van der Waals surface area (Å²) in [5.41, 5.74) is 0.387. The molecule has 0 spiro atoms. The van der Waals surface area contributed by atoms with Crippen LogP contribution >= 0.6 is 0 Å². The van der Waals surface area contributed by atoms with E-state index in [0.717, 1.165) is 5.56 Å². The van der Waals surface area contributed by atoms with Crippen LogP contribution in [0.4, 0.5) is 0 Å². The van der Waals surface area contributed by atoms with E-state index in [2.05, 4.69) is 4.74 Å². The van der Waals surface area contributed by atoms with Crippen LogP contribution in [0.1, 0.15) is 5.56 Å². The normalized spacial score (nSPS) is 21.8. The van der Waals surface area contributed by atoms with Crippen molar-refractivity contribution >= 4 is 17.8 Å². The van der Waals surface area contributed by atoms with Crippen molar-refractivity contribution in [2.75, 3.05) is 6.61 Å². The Kier molecular flexibility index (Phi) is 3.77. The summed E-state index contributed by atoms with van der Waals surface area (Å²) in [5.74, 6) is -2.09. The Morgan fingerprint density at radius 1 is 1.26 bits per heavy atom. The highest BCUT2D eigenvalue weighted by molar-refractivity contribution is 6.24. The molecule has 0 aliphatic carbocycles. The van der Waals surface area contributed by atoms with Crippen molar-refractivity contribution in [1.29, 1.82) is 0 Å². The zero-order valence-electron chi connectivity index (χ0n) is 9.95. The highest BCUT2D eigenvalue weighted by atomic mass is 16.6. The predicted octanol–water partition coefficient (Wildman–Crippen LogP) is 0.999. The first-order chi connectivity index (χ1) is 9.13. The summed E-state index contributed by atoms with van der Waals surface area (Å²) in [4.78, 5) is 23.0. The Hall–Kier alpha value is -2.40. The molecule has 0 aromatic heterocycles. The van der Waals surface area contributed by atoms with Gasteiger partial charge >= 0.3 is 5.97 Å². The van der Waals surface area contributed by atoms with Crippen LogP contribution in [0, 0.1) is 0 Å². The average molecular weight is 260 g/mol. The van der Waals surface area contributed by atoms with Crippen LogP contribution in [0.3, 0.4) is 0 Å². The number of cyclic esters (lactones) is 1. The molecule has 1 aromatic carbocycles. The molecule has 19 heavy (non-hydrogen) atoms. The van der Waals surface area contributed by atoms with Crippen molar-refractivity contribution < 1.29 is 24.5 Å². The SMILES string of the molecule is O=C1O[C@H](CO)C(=O)/C1=C(O)\C=C\c1ccccc1. The number of aliphatic hydroxyl groups is 2. The minimum Gasteiger partial charge on any atom is -0.507 e. The minimum atomic E-state index is -1.21. The van der Waals surface area contributed by atoms with E-state index in [1.54, 1.807) is 18.2 Å². The Morgan fingerprint density at radius 3 is 2.53 bits per heavy atom. The zero-order chi connectivity index (χ0) is 13.8. The van der Waals surface area contributed by atoms with Crippen LogP contribution in [-0.4, -0.2) is 34.7 Å². The molecule has 0 saturated carbocycles. The van der Waals surface area contributed by atoms with Gasteiger partial charge in [0.15, 0.2) is 6.10 Å². The largest absolute Gasteiger partial charge is 0.507 e. The number of ether oxygens (including phenoxy) is 1. The molecule has 1 aliphatic heterocycles. The van der Waals surface area contributed by atoms with Crippen LogP contribution in [0.25, 0.3) is 6.08 Å². The third-order valence-electron chi connectivity index (χ3n) is 2.65. The maximum atomic E-state index is 11.6. The van der Waals surface area contributed by atoms with Gasteiger partial charge in [-0.1, -0.05) is 36.4 Å². The smallest absolute Gasteiger partial charge is 0.346 e. The maximum Gasteiger partial charge on any atom is 0.346 e. The number of carbonyl (C=O) groups excluding carboxylic acids is 2. The second-order valence-corrected chi connectivity index (χ2v) is 3.95. The second kappa shape index (κ2) is 5.49. The fraction of sp³-hybridized carbons (Fsp3) is 0.143. The summed E-state index contributed by atoms with van der Waals surface area (Å²) in [6.45, 7) is -0.593. The molecule has 0 amide bonds.